The molecule has 0 spiro atoms. The fourth-order valence-electron chi connectivity index (χ4n) is 3.04. The highest BCUT2D eigenvalue weighted by Gasteiger charge is 2.09. The third kappa shape index (κ3) is 3.35. The molecule has 3 aromatic carbocycles. The summed E-state index contributed by atoms with van der Waals surface area (Å²) in [5, 5.41) is 9.61. The van der Waals surface area contributed by atoms with E-state index < -0.39 is 0 Å². The topological polar surface area (TPSA) is 46.9 Å². The lowest BCUT2D eigenvalue weighted by Crippen LogP contribution is -2.26. The molecule has 0 radical (unpaired) electrons. The third-order valence-corrected chi connectivity index (χ3v) is 4.37. The number of carbonyl (C=O) groups is 1. The number of amides is 1. The summed E-state index contributed by atoms with van der Waals surface area (Å²) < 4.78 is 1.85. The molecule has 4 aromatic rings. The monoisotopic (exact) mass is 341 g/mol. The van der Waals surface area contributed by atoms with Crippen molar-refractivity contribution in [3.8, 4) is 5.69 Å². The van der Waals surface area contributed by atoms with Crippen molar-refractivity contribution < 1.29 is 4.79 Å². The summed E-state index contributed by atoms with van der Waals surface area (Å²) in [4.78, 5) is 12.5. The van der Waals surface area contributed by atoms with Crippen LogP contribution in [0.4, 0.5) is 0 Å². The lowest BCUT2D eigenvalue weighted by molar-refractivity contribution is 0.0955. The molecule has 1 N–H and O–H groups in total. The maximum Gasteiger partial charge on any atom is 0.251 e. The minimum atomic E-state index is -0.0516. The molecule has 1 amide bonds. The average molecular weight is 341 g/mol. The Bertz CT molecular complexity index is 1030. The number of rotatable bonds is 5. The number of aromatic nitrogens is 2. The summed E-state index contributed by atoms with van der Waals surface area (Å²) in [7, 11) is 0. The van der Waals surface area contributed by atoms with Gasteiger partial charge in [-0.1, -0.05) is 54.6 Å². The van der Waals surface area contributed by atoms with Crippen molar-refractivity contribution in [1.29, 1.82) is 0 Å². The lowest BCUT2D eigenvalue weighted by Gasteiger charge is -2.07. The first-order valence-corrected chi connectivity index (χ1v) is 8.67. The van der Waals surface area contributed by atoms with Crippen LogP contribution in [-0.4, -0.2) is 22.2 Å². The molecular formula is C22H19N3O. The molecule has 0 unspecified atom stereocenters. The van der Waals surface area contributed by atoms with Crippen LogP contribution in [-0.2, 0) is 6.42 Å². The van der Waals surface area contributed by atoms with Gasteiger partial charge in [0.1, 0.15) is 0 Å². The molecule has 4 rings (SSSR count). The molecule has 0 aliphatic carbocycles. The van der Waals surface area contributed by atoms with Gasteiger partial charge < -0.3 is 5.32 Å². The Kier molecular flexibility index (Phi) is 4.48. The Morgan fingerprint density at radius 1 is 0.885 bits per heavy atom. The van der Waals surface area contributed by atoms with Crippen LogP contribution in [0.5, 0.6) is 0 Å². The van der Waals surface area contributed by atoms with Crippen molar-refractivity contribution in [3.63, 3.8) is 0 Å². The predicted molar refractivity (Wildman–Crippen MR) is 104 cm³/mol. The van der Waals surface area contributed by atoms with E-state index in [4.69, 9.17) is 0 Å². The highest BCUT2D eigenvalue weighted by atomic mass is 16.1. The maximum absolute atomic E-state index is 12.5. The van der Waals surface area contributed by atoms with Gasteiger partial charge in [-0.3, -0.25) is 4.79 Å². The van der Waals surface area contributed by atoms with Gasteiger partial charge in [0, 0.05) is 24.7 Å². The van der Waals surface area contributed by atoms with Crippen LogP contribution in [0.2, 0.25) is 0 Å². The minimum Gasteiger partial charge on any atom is -0.352 e. The first-order valence-electron chi connectivity index (χ1n) is 8.67. The van der Waals surface area contributed by atoms with E-state index in [0.717, 1.165) is 22.2 Å². The van der Waals surface area contributed by atoms with Crippen molar-refractivity contribution in [2.75, 3.05) is 6.54 Å². The van der Waals surface area contributed by atoms with Crippen LogP contribution < -0.4 is 5.32 Å². The quantitative estimate of drug-likeness (QED) is 0.596. The van der Waals surface area contributed by atoms with E-state index in [2.05, 4.69) is 10.4 Å². The minimum absolute atomic E-state index is 0.0516. The van der Waals surface area contributed by atoms with Crippen LogP contribution in [0.3, 0.4) is 0 Å². The average Bonchev–Trinajstić information content (AvgIpc) is 3.17. The lowest BCUT2D eigenvalue weighted by atomic mass is 10.0. The van der Waals surface area contributed by atoms with Crippen molar-refractivity contribution in [2.45, 2.75) is 6.42 Å². The molecule has 128 valence electrons. The van der Waals surface area contributed by atoms with Gasteiger partial charge in [-0.2, -0.15) is 5.10 Å². The van der Waals surface area contributed by atoms with Crippen molar-refractivity contribution in [1.82, 2.24) is 15.1 Å². The van der Waals surface area contributed by atoms with E-state index in [9.17, 15) is 4.79 Å². The smallest absolute Gasteiger partial charge is 0.251 e. The zero-order chi connectivity index (χ0) is 17.8. The number of nitrogens with one attached hydrogen (secondary N) is 1. The zero-order valence-corrected chi connectivity index (χ0v) is 14.3. The second-order valence-corrected chi connectivity index (χ2v) is 6.12. The molecule has 0 saturated carbocycles. The van der Waals surface area contributed by atoms with Gasteiger partial charge in [0.05, 0.1) is 11.4 Å². The Morgan fingerprint density at radius 2 is 1.65 bits per heavy atom. The number of benzene rings is 3. The van der Waals surface area contributed by atoms with Gasteiger partial charge >= 0.3 is 0 Å². The summed E-state index contributed by atoms with van der Waals surface area (Å²) in [5.41, 5.74) is 2.68. The summed E-state index contributed by atoms with van der Waals surface area (Å²) >= 11 is 0. The van der Waals surface area contributed by atoms with Gasteiger partial charge in [-0.05, 0) is 35.0 Å². The molecule has 1 aromatic heterocycles. The number of hydrogen-bond acceptors (Lipinski definition) is 2. The molecule has 0 fully saturated rings. The molecule has 0 atom stereocenters. The first kappa shape index (κ1) is 16.1. The summed E-state index contributed by atoms with van der Waals surface area (Å²) in [6.45, 7) is 0.549. The molecule has 1 heterocycles. The fraction of sp³-hybridized carbons (Fsp3) is 0.0909. The van der Waals surface area contributed by atoms with E-state index in [1.165, 1.54) is 0 Å². The van der Waals surface area contributed by atoms with Gasteiger partial charge in [0.25, 0.3) is 5.91 Å². The van der Waals surface area contributed by atoms with Crippen LogP contribution in [0.25, 0.3) is 16.5 Å². The van der Waals surface area contributed by atoms with E-state index in [0.29, 0.717) is 18.5 Å². The highest BCUT2D eigenvalue weighted by Crippen LogP contribution is 2.18. The standard InChI is InChI=1S/C22H19N3O/c26-22(21-12-6-8-17-7-4-5-11-20(17)21)23-15-13-18-14-16-25(24-18)19-9-2-1-3-10-19/h1-12,14,16H,13,15H2,(H,23,26). The summed E-state index contributed by atoms with van der Waals surface area (Å²) in [6, 6.07) is 25.7. The van der Waals surface area contributed by atoms with Crippen LogP contribution in [0.15, 0.2) is 85.1 Å². The Labute approximate surface area is 152 Å². The first-order chi connectivity index (χ1) is 12.8. The predicted octanol–water partition coefficient (Wildman–Crippen LogP) is 4.00. The molecule has 26 heavy (non-hydrogen) atoms. The Balaban J connectivity index is 1.40. The highest BCUT2D eigenvalue weighted by molar-refractivity contribution is 6.06. The van der Waals surface area contributed by atoms with Crippen molar-refractivity contribution >= 4 is 16.7 Å². The maximum atomic E-state index is 12.5. The van der Waals surface area contributed by atoms with E-state index >= 15 is 0 Å². The molecule has 0 aliphatic heterocycles. The van der Waals surface area contributed by atoms with Gasteiger partial charge in [0.2, 0.25) is 0 Å². The third-order valence-electron chi connectivity index (χ3n) is 4.37. The summed E-state index contributed by atoms with van der Waals surface area (Å²) in [5.74, 6) is -0.0516. The van der Waals surface area contributed by atoms with Crippen LogP contribution in [0.1, 0.15) is 16.1 Å². The largest absolute Gasteiger partial charge is 0.352 e. The van der Waals surface area contributed by atoms with E-state index in [-0.39, 0.29) is 5.91 Å². The van der Waals surface area contributed by atoms with Crippen LogP contribution in [0, 0.1) is 0 Å². The second-order valence-electron chi connectivity index (χ2n) is 6.12. The molecule has 4 nitrogen and oxygen atoms in total. The molecular weight excluding hydrogens is 322 g/mol. The fourth-order valence-corrected chi connectivity index (χ4v) is 3.04. The zero-order valence-electron chi connectivity index (χ0n) is 14.3. The normalized spacial score (nSPS) is 10.8. The van der Waals surface area contributed by atoms with Gasteiger partial charge in [0.15, 0.2) is 0 Å². The number of carbonyl (C=O) groups excluding carboxylic acids is 1. The van der Waals surface area contributed by atoms with Gasteiger partial charge in [-0.25, -0.2) is 4.68 Å². The van der Waals surface area contributed by atoms with E-state index in [1.54, 1.807) is 0 Å². The molecule has 4 heteroatoms. The van der Waals surface area contributed by atoms with Crippen LogP contribution >= 0.6 is 0 Å². The van der Waals surface area contributed by atoms with Crippen molar-refractivity contribution in [2.24, 2.45) is 0 Å². The molecule has 0 bridgehead atoms. The number of hydrogen-bond donors (Lipinski definition) is 1. The van der Waals surface area contributed by atoms with Gasteiger partial charge in [-0.15, -0.1) is 0 Å². The van der Waals surface area contributed by atoms with Crippen molar-refractivity contribution in [3.05, 3.63) is 96.3 Å². The molecule has 0 aliphatic rings. The Morgan fingerprint density at radius 3 is 2.54 bits per heavy atom. The SMILES string of the molecule is O=C(NCCc1ccn(-c2ccccc2)n1)c1cccc2ccccc12. The second kappa shape index (κ2) is 7.23. The van der Waals surface area contributed by atoms with E-state index in [1.807, 2.05) is 89.7 Å². The number of fused-ring (bicyclic) bond motifs is 1. The Hall–Kier alpha value is -3.40. The number of para-hydroxylation sites is 1. The number of nitrogens with zero attached hydrogens (tertiary/aromatic N) is 2. The molecule has 0 saturated heterocycles. The summed E-state index contributed by atoms with van der Waals surface area (Å²) in [6.07, 6.45) is 2.63.